The van der Waals surface area contributed by atoms with Crippen LogP contribution in [0, 0.1) is 0 Å². The van der Waals surface area contributed by atoms with Crippen molar-refractivity contribution < 1.29 is 19.1 Å². The minimum atomic E-state index is -0.706. The maximum absolute atomic E-state index is 14.1. The number of halogens is 2. The van der Waals surface area contributed by atoms with Crippen molar-refractivity contribution in [2.45, 2.75) is 83.8 Å². The zero-order valence-electron chi connectivity index (χ0n) is 25.1. The minimum absolute atomic E-state index is 0.122. The summed E-state index contributed by atoms with van der Waals surface area (Å²) in [4.78, 5) is 29.8. The summed E-state index contributed by atoms with van der Waals surface area (Å²) in [6.45, 7) is 5.09. The van der Waals surface area contributed by atoms with Crippen LogP contribution in [-0.4, -0.2) is 42.0 Å². The Morgan fingerprint density at radius 1 is 0.884 bits per heavy atom. The average molecular weight is 626 g/mol. The molecule has 1 aliphatic rings. The second kappa shape index (κ2) is 16.6. The molecule has 3 aromatic rings. The van der Waals surface area contributed by atoms with E-state index in [4.69, 9.17) is 32.7 Å². The van der Waals surface area contributed by atoms with E-state index in [9.17, 15) is 9.59 Å². The first-order valence-electron chi connectivity index (χ1n) is 15.3. The van der Waals surface area contributed by atoms with E-state index in [-0.39, 0.29) is 30.8 Å². The van der Waals surface area contributed by atoms with Gasteiger partial charge in [-0.3, -0.25) is 9.59 Å². The van der Waals surface area contributed by atoms with Gasteiger partial charge in [-0.25, -0.2) is 0 Å². The summed E-state index contributed by atoms with van der Waals surface area (Å²) in [5.41, 5.74) is 2.68. The second-order valence-corrected chi connectivity index (χ2v) is 11.8. The smallest absolute Gasteiger partial charge is 0.243 e. The summed E-state index contributed by atoms with van der Waals surface area (Å²) >= 11 is 12.8. The molecule has 1 saturated carbocycles. The van der Waals surface area contributed by atoms with Gasteiger partial charge in [0.05, 0.1) is 13.2 Å². The van der Waals surface area contributed by atoms with Crippen LogP contribution in [0.1, 0.15) is 69.1 Å². The van der Waals surface area contributed by atoms with Gasteiger partial charge in [0.25, 0.3) is 0 Å². The third-order valence-corrected chi connectivity index (χ3v) is 8.40. The van der Waals surface area contributed by atoms with Crippen LogP contribution in [0.2, 0.25) is 10.0 Å². The number of hydrogen-bond donors (Lipinski definition) is 1. The van der Waals surface area contributed by atoms with E-state index in [1.807, 2.05) is 68.4 Å². The van der Waals surface area contributed by atoms with Gasteiger partial charge in [-0.05, 0) is 74.1 Å². The molecule has 8 heteroatoms. The summed E-state index contributed by atoms with van der Waals surface area (Å²) in [6, 6.07) is 20.3. The van der Waals surface area contributed by atoms with Crippen LogP contribution in [0.4, 0.5) is 0 Å². The Balaban J connectivity index is 1.62. The van der Waals surface area contributed by atoms with Crippen LogP contribution in [0.5, 0.6) is 11.5 Å². The first-order valence-corrected chi connectivity index (χ1v) is 16.1. The number of ether oxygens (including phenoxy) is 2. The molecule has 0 aromatic heterocycles. The molecule has 230 valence electrons. The first-order chi connectivity index (χ1) is 20.9. The Bertz CT molecular complexity index is 1340. The van der Waals surface area contributed by atoms with Crippen molar-refractivity contribution in [3.63, 3.8) is 0 Å². The van der Waals surface area contributed by atoms with Crippen LogP contribution >= 0.6 is 23.2 Å². The molecule has 0 bridgehead atoms. The number of hydrogen-bond acceptors (Lipinski definition) is 4. The van der Waals surface area contributed by atoms with E-state index in [1.165, 1.54) is 6.42 Å². The Kier molecular flexibility index (Phi) is 12.6. The Morgan fingerprint density at radius 3 is 2.30 bits per heavy atom. The van der Waals surface area contributed by atoms with Gasteiger partial charge >= 0.3 is 0 Å². The second-order valence-electron chi connectivity index (χ2n) is 11.0. The lowest BCUT2D eigenvalue weighted by atomic mass is 9.94. The van der Waals surface area contributed by atoms with Crippen molar-refractivity contribution in [3.8, 4) is 11.5 Å². The number of carbonyl (C=O) groups excluding carboxylic acids is 2. The lowest BCUT2D eigenvalue weighted by molar-refractivity contribution is -0.141. The highest BCUT2D eigenvalue weighted by atomic mass is 35.5. The highest BCUT2D eigenvalue weighted by Crippen LogP contribution is 2.30. The largest absolute Gasteiger partial charge is 0.490 e. The number of aryl methyl sites for hydroxylation is 1. The molecule has 3 aromatic carbocycles. The molecule has 43 heavy (non-hydrogen) atoms. The third-order valence-electron chi connectivity index (χ3n) is 7.81. The molecule has 1 fully saturated rings. The zero-order chi connectivity index (χ0) is 30.6. The van der Waals surface area contributed by atoms with Gasteiger partial charge in [0.2, 0.25) is 11.8 Å². The van der Waals surface area contributed by atoms with Crippen molar-refractivity contribution >= 4 is 35.0 Å². The van der Waals surface area contributed by atoms with Crippen LogP contribution in [0.3, 0.4) is 0 Å². The molecular formula is C35H42Cl2N2O4. The molecule has 0 spiro atoms. The fourth-order valence-corrected chi connectivity index (χ4v) is 6.05. The van der Waals surface area contributed by atoms with Gasteiger partial charge in [0.1, 0.15) is 6.04 Å². The molecular weight excluding hydrogens is 583 g/mol. The van der Waals surface area contributed by atoms with Gasteiger partial charge in [0.15, 0.2) is 11.5 Å². The monoisotopic (exact) mass is 624 g/mol. The van der Waals surface area contributed by atoms with E-state index in [1.54, 1.807) is 17.0 Å². The van der Waals surface area contributed by atoms with Gasteiger partial charge < -0.3 is 19.7 Å². The van der Waals surface area contributed by atoms with Gasteiger partial charge in [-0.15, -0.1) is 0 Å². The fraction of sp³-hybridized carbons (Fsp3) is 0.429. The SMILES string of the molecule is CCOc1ccc(CCC(=O)N(Cc2ccc(Cl)cc2Cl)C(Cc2ccccc2)C(=O)NC2CCCCC2)cc1OCC. The first kappa shape index (κ1) is 32.7. The van der Waals surface area contributed by atoms with E-state index < -0.39 is 6.04 Å². The molecule has 0 saturated heterocycles. The topological polar surface area (TPSA) is 67.9 Å². The van der Waals surface area contributed by atoms with Crippen LogP contribution in [0.15, 0.2) is 66.7 Å². The summed E-state index contributed by atoms with van der Waals surface area (Å²) in [6.07, 6.45) is 6.41. The number of nitrogens with zero attached hydrogens (tertiary/aromatic N) is 1. The van der Waals surface area contributed by atoms with E-state index in [2.05, 4.69) is 5.32 Å². The summed E-state index contributed by atoms with van der Waals surface area (Å²) < 4.78 is 11.5. The lowest BCUT2D eigenvalue weighted by Gasteiger charge is -2.34. The summed E-state index contributed by atoms with van der Waals surface area (Å²) in [7, 11) is 0. The van der Waals surface area contributed by atoms with Crippen LogP contribution in [0.25, 0.3) is 0 Å². The minimum Gasteiger partial charge on any atom is -0.490 e. The van der Waals surface area contributed by atoms with Crippen molar-refractivity contribution in [1.82, 2.24) is 10.2 Å². The van der Waals surface area contributed by atoms with Crippen molar-refractivity contribution in [2.75, 3.05) is 13.2 Å². The normalized spacial score (nSPS) is 14.1. The fourth-order valence-electron chi connectivity index (χ4n) is 5.58. The maximum Gasteiger partial charge on any atom is 0.243 e. The number of nitrogens with one attached hydrogen (secondary N) is 1. The molecule has 1 atom stereocenters. The molecule has 1 N–H and O–H groups in total. The van der Waals surface area contributed by atoms with Crippen LogP contribution < -0.4 is 14.8 Å². The van der Waals surface area contributed by atoms with Crippen molar-refractivity contribution in [3.05, 3.63) is 93.5 Å². The summed E-state index contributed by atoms with van der Waals surface area (Å²) in [5, 5.41) is 4.26. The predicted octanol–water partition coefficient (Wildman–Crippen LogP) is 7.81. The zero-order valence-corrected chi connectivity index (χ0v) is 26.6. The molecule has 0 radical (unpaired) electrons. The highest BCUT2D eigenvalue weighted by Gasteiger charge is 2.32. The van der Waals surface area contributed by atoms with Crippen LogP contribution in [-0.2, 0) is 29.0 Å². The number of rotatable bonds is 14. The quantitative estimate of drug-likeness (QED) is 0.199. The highest BCUT2D eigenvalue weighted by molar-refractivity contribution is 6.35. The molecule has 1 aliphatic carbocycles. The van der Waals surface area contributed by atoms with Crippen molar-refractivity contribution in [2.24, 2.45) is 0 Å². The van der Waals surface area contributed by atoms with E-state index >= 15 is 0 Å². The van der Waals surface area contributed by atoms with Gasteiger partial charge in [-0.1, -0.05) is 84.9 Å². The van der Waals surface area contributed by atoms with Crippen molar-refractivity contribution in [1.29, 1.82) is 0 Å². The number of amides is 2. The molecule has 2 amide bonds. The Hall–Kier alpha value is -3.22. The molecule has 0 heterocycles. The van der Waals surface area contributed by atoms with Gasteiger partial charge in [-0.2, -0.15) is 0 Å². The standard InChI is InChI=1S/C35H42Cl2N2O4/c1-3-42-32-19-15-26(22-33(32)43-4-2)16-20-34(40)39(24-27-17-18-28(36)23-30(27)37)31(21-25-11-7-5-8-12-25)35(41)38-29-13-9-6-10-14-29/h5,7-8,11-12,15,17-19,22-23,29,31H,3-4,6,9-10,13-14,16,20-21,24H2,1-2H3,(H,38,41). The Morgan fingerprint density at radius 2 is 1.60 bits per heavy atom. The average Bonchev–Trinajstić information content (AvgIpc) is 3.01. The summed E-state index contributed by atoms with van der Waals surface area (Å²) in [5.74, 6) is 1.08. The predicted molar refractivity (Wildman–Crippen MR) is 173 cm³/mol. The maximum atomic E-state index is 14.1. The number of benzene rings is 3. The number of carbonyl (C=O) groups is 2. The molecule has 4 rings (SSSR count). The molecule has 1 unspecified atom stereocenters. The molecule has 0 aliphatic heterocycles. The van der Waals surface area contributed by atoms with E-state index in [0.29, 0.717) is 47.6 Å². The lowest BCUT2D eigenvalue weighted by Crippen LogP contribution is -2.53. The van der Waals surface area contributed by atoms with Gasteiger partial charge in [0, 0.05) is 35.5 Å². The Labute approximate surface area is 265 Å². The van der Waals surface area contributed by atoms with E-state index in [0.717, 1.165) is 42.4 Å². The molecule has 6 nitrogen and oxygen atoms in total. The third kappa shape index (κ3) is 9.64.